The maximum Gasteiger partial charge on any atom is 0.0643 e. The third-order valence-electron chi connectivity index (χ3n) is 2.83. The average molecular weight is 261 g/mol. The van der Waals surface area contributed by atoms with Gasteiger partial charge < -0.3 is 0 Å². The van der Waals surface area contributed by atoms with Gasteiger partial charge in [0.15, 0.2) is 0 Å². The summed E-state index contributed by atoms with van der Waals surface area (Å²) < 4.78 is 2.10. The van der Waals surface area contributed by atoms with Gasteiger partial charge in [0.1, 0.15) is 0 Å². The highest BCUT2D eigenvalue weighted by atomic mass is 35.5. The van der Waals surface area contributed by atoms with E-state index in [1.54, 1.807) is 0 Å². The summed E-state index contributed by atoms with van der Waals surface area (Å²) in [7, 11) is 0. The molecule has 1 aromatic heterocycles. The van der Waals surface area contributed by atoms with Crippen LogP contribution in [0.15, 0.2) is 0 Å². The van der Waals surface area contributed by atoms with Crippen molar-refractivity contribution < 1.29 is 0 Å². The SMILES string of the molecule is CCC(Cl)c1c(C)nn(CCCSC)c1C. The molecule has 0 aliphatic heterocycles. The molecule has 0 radical (unpaired) electrons. The van der Waals surface area contributed by atoms with E-state index in [1.807, 2.05) is 11.8 Å². The molecule has 0 bridgehead atoms. The second-order valence-corrected chi connectivity index (χ2v) is 5.54. The molecule has 1 atom stereocenters. The van der Waals surface area contributed by atoms with Gasteiger partial charge in [-0.2, -0.15) is 16.9 Å². The topological polar surface area (TPSA) is 17.8 Å². The van der Waals surface area contributed by atoms with Crippen LogP contribution in [0.4, 0.5) is 0 Å². The average Bonchev–Trinajstić information content (AvgIpc) is 2.54. The minimum atomic E-state index is 0.106. The highest BCUT2D eigenvalue weighted by Gasteiger charge is 2.17. The van der Waals surface area contributed by atoms with Gasteiger partial charge in [-0.15, -0.1) is 11.6 Å². The maximum absolute atomic E-state index is 6.32. The van der Waals surface area contributed by atoms with Crippen molar-refractivity contribution in [3.8, 4) is 0 Å². The van der Waals surface area contributed by atoms with Gasteiger partial charge in [-0.05, 0) is 38.7 Å². The standard InChI is InChI=1S/C12H21ClN2S/c1-5-11(13)12-9(2)14-15(10(12)3)7-6-8-16-4/h11H,5-8H2,1-4H3. The summed E-state index contributed by atoms with van der Waals surface area (Å²) in [6.45, 7) is 7.29. The first-order valence-corrected chi connectivity index (χ1v) is 7.61. The zero-order chi connectivity index (χ0) is 12.1. The first-order chi connectivity index (χ1) is 7.61. The predicted molar refractivity (Wildman–Crippen MR) is 73.6 cm³/mol. The van der Waals surface area contributed by atoms with E-state index >= 15 is 0 Å². The molecule has 1 heterocycles. The number of hydrogen-bond donors (Lipinski definition) is 0. The minimum absolute atomic E-state index is 0.106. The van der Waals surface area contributed by atoms with Crippen LogP contribution < -0.4 is 0 Å². The van der Waals surface area contributed by atoms with Crippen molar-refractivity contribution in [2.45, 2.75) is 45.5 Å². The Kier molecular flexibility index (Phi) is 5.70. The maximum atomic E-state index is 6.32. The Labute approximate surface area is 108 Å². The first kappa shape index (κ1) is 13.9. The molecule has 0 aromatic carbocycles. The van der Waals surface area contributed by atoms with Crippen molar-refractivity contribution in [2.75, 3.05) is 12.0 Å². The Morgan fingerprint density at radius 1 is 1.44 bits per heavy atom. The van der Waals surface area contributed by atoms with Gasteiger partial charge >= 0.3 is 0 Å². The minimum Gasteiger partial charge on any atom is -0.269 e. The van der Waals surface area contributed by atoms with Crippen LogP contribution in [0.25, 0.3) is 0 Å². The molecule has 0 amide bonds. The van der Waals surface area contributed by atoms with E-state index in [1.165, 1.54) is 23.4 Å². The molecule has 1 rings (SSSR count). The van der Waals surface area contributed by atoms with Gasteiger partial charge in [-0.3, -0.25) is 4.68 Å². The fourth-order valence-corrected chi connectivity index (χ4v) is 2.68. The van der Waals surface area contributed by atoms with Crippen LogP contribution in [-0.2, 0) is 6.54 Å². The summed E-state index contributed by atoms with van der Waals surface area (Å²) in [6, 6.07) is 0. The monoisotopic (exact) mass is 260 g/mol. The van der Waals surface area contributed by atoms with Crippen molar-refractivity contribution >= 4 is 23.4 Å². The summed E-state index contributed by atoms with van der Waals surface area (Å²) in [5, 5.41) is 4.68. The third-order valence-corrected chi connectivity index (χ3v) is 4.05. The lowest BCUT2D eigenvalue weighted by Crippen LogP contribution is -2.04. The van der Waals surface area contributed by atoms with Crippen LogP contribution in [0.1, 0.15) is 42.1 Å². The molecule has 0 saturated carbocycles. The summed E-state index contributed by atoms with van der Waals surface area (Å²) in [5.74, 6) is 1.19. The van der Waals surface area contributed by atoms with Crippen molar-refractivity contribution in [1.82, 2.24) is 9.78 Å². The Hall–Kier alpha value is -0.150. The van der Waals surface area contributed by atoms with Crippen LogP contribution in [0, 0.1) is 13.8 Å². The smallest absolute Gasteiger partial charge is 0.0643 e. The molecule has 0 fully saturated rings. The molecule has 92 valence electrons. The first-order valence-electron chi connectivity index (χ1n) is 5.78. The Morgan fingerprint density at radius 3 is 2.69 bits per heavy atom. The molecule has 16 heavy (non-hydrogen) atoms. The Bertz CT molecular complexity index is 336. The Balaban J connectivity index is 2.80. The van der Waals surface area contributed by atoms with Gasteiger partial charge in [0.2, 0.25) is 0 Å². The molecule has 0 saturated heterocycles. The Morgan fingerprint density at radius 2 is 2.12 bits per heavy atom. The molecule has 0 aliphatic rings. The van der Waals surface area contributed by atoms with Crippen molar-refractivity contribution in [3.63, 3.8) is 0 Å². The molecule has 1 aromatic rings. The number of thioether (sulfide) groups is 1. The summed E-state index contributed by atoms with van der Waals surface area (Å²) in [4.78, 5) is 0. The van der Waals surface area contributed by atoms with Gasteiger partial charge in [0, 0.05) is 17.8 Å². The van der Waals surface area contributed by atoms with E-state index < -0.39 is 0 Å². The lowest BCUT2D eigenvalue weighted by molar-refractivity contribution is 0.585. The number of hydrogen-bond acceptors (Lipinski definition) is 2. The van der Waals surface area contributed by atoms with Crippen molar-refractivity contribution in [1.29, 1.82) is 0 Å². The lowest BCUT2D eigenvalue weighted by atomic mass is 10.1. The van der Waals surface area contributed by atoms with E-state index in [9.17, 15) is 0 Å². The number of nitrogens with zero attached hydrogens (tertiary/aromatic N) is 2. The van der Waals surface area contributed by atoms with E-state index in [0.717, 1.165) is 18.7 Å². The highest BCUT2D eigenvalue weighted by Crippen LogP contribution is 2.29. The number of aryl methyl sites for hydroxylation is 2. The van der Waals surface area contributed by atoms with E-state index in [-0.39, 0.29) is 5.38 Å². The zero-order valence-electron chi connectivity index (χ0n) is 10.6. The molecule has 0 spiro atoms. The van der Waals surface area contributed by atoms with Crippen LogP contribution >= 0.6 is 23.4 Å². The van der Waals surface area contributed by atoms with Crippen LogP contribution in [-0.4, -0.2) is 21.8 Å². The predicted octanol–water partition coefficient (Wildman–Crippen LogP) is 3.94. The molecule has 4 heteroatoms. The lowest BCUT2D eigenvalue weighted by Gasteiger charge is -2.08. The summed E-state index contributed by atoms with van der Waals surface area (Å²) in [6.07, 6.45) is 4.26. The largest absolute Gasteiger partial charge is 0.269 e. The van der Waals surface area contributed by atoms with Crippen molar-refractivity contribution in [2.24, 2.45) is 0 Å². The fourth-order valence-electron chi connectivity index (χ4n) is 1.94. The van der Waals surface area contributed by atoms with Gasteiger partial charge in [0.25, 0.3) is 0 Å². The second-order valence-electron chi connectivity index (χ2n) is 4.03. The molecule has 1 unspecified atom stereocenters. The zero-order valence-corrected chi connectivity index (χ0v) is 12.2. The third kappa shape index (κ3) is 3.17. The van der Waals surface area contributed by atoms with Crippen LogP contribution in [0.2, 0.25) is 0 Å². The molecule has 2 nitrogen and oxygen atoms in total. The molecule has 0 aliphatic carbocycles. The van der Waals surface area contributed by atoms with E-state index in [4.69, 9.17) is 11.6 Å². The summed E-state index contributed by atoms with van der Waals surface area (Å²) >= 11 is 8.20. The normalized spacial score (nSPS) is 13.1. The quantitative estimate of drug-likeness (QED) is 0.570. The second kappa shape index (κ2) is 6.55. The number of alkyl halides is 1. The highest BCUT2D eigenvalue weighted by molar-refractivity contribution is 7.98. The fraction of sp³-hybridized carbons (Fsp3) is 0.750. The van der Waals surface area contributed by atoms with Gasteiger partial charge in [-0.25, -0.2) is 0 Å². The summed E-state index contributed by atoms with van der Waals surface area (Å²) in [5.41, 5.74) is 3.55. The van der Waals surface area contributed by atoms with Crippen LogP contribution in [0.5, 0.6) is 0 Å². The molecular formula is C12H21ClN2S. The van der Waals surface area contributed by atoms with Gasteiger partial charge in [-0.1, -0.05) is 6.92 Å². The van der Waals surface area contributed by atoms with Crippen LogP contribution in [0.3, 0.4) is 0 Å². The molecular weight excluding hydrogens is 240 g/mol. The number of halogens is 1. The van der Waals surface area contributed by atoms with E-state index in [0.29, 0.717) is 0 Å². The number of aromatic nitrogens is 2. The van der Waals surface area contributed by atoms with Gasteiger partial charge in [0.05, 0.1) is 11.1 Å². The van der Waals surface area contributed by atoms with E-state index in [2.05, 4.69) is 36.8 Å². The molecule has 0 N–H and O–H groups in total. The van der Waals surface area contributed by atoms with Crippen molar-refractivity contribution in [3.05, 3.63) is 17.0 Å². The number of rotatable bonds is 6.